The molecule has 0 radical (unpaired) electrons. The molecule has 0 aliphatic carbocycles. The lowest BCUT2D eigenvalue weighted by Crippen LogP contribution is -2.53. The van der Waals surface area contributed by atoms with Crippen LogP contribution in [0.5, 0.6) is 0 Å². The van der Waals surface area contributed by atoms with Gasteiger partial charge in [-0.3, -0.25) is 4.79 Å². The van der Waals surface area contributed by atoms with Crippen LogP contribution in [-0.2, 0) is 20.0 Å². The van der Waals surface area contributed by atoms with Crippen molar-refractivity contribution in [3.05, 3.63) is 29.8 Å². The number of nitrogens with one attached hydrogen (secondary N) is 2. The molecule has 0 aromatic heterocycles. The summed E-state index contributed by atoms with van der Waals surface area (Å²) in [6.45, 7) is 5.05. The van der Waals surface area contributed by atoms with E-state index in [2.05, 4.69) is 22.8 Å². The number of thioether (sulfide) groups is 1. The summed E-state index contributed by atoms with van der Waals surface area (Å²) in [5, 5.41) is 6.91. The first-order chi connectivity index (χ1) is 11.7. The Labute approximate surface area is 160 Å². The molecule has 7 heteroatoms. The average Bonchev–Trinajstić information content (AvgIpc) is 2.61. The van der Waals surface area contributed by atoms with E-state index in [9.17, 15) is 4.79 Å². The number of rotatable bonds is 5. The van der Waals surface area contributed by atoms with Gasteiger partial charge in [0.25, 0.3) is 0 Å². The number of amides is 1. The van der Waals surface area contributed by atoms with Gasteiger partial charge in [-0.2, -0.15) is 11.8 Å². The molecule has 140 valence electrons. The molecule has 2 N–H and O–H groups in total. The van der Waals surface area contributed by atoms with Crippen LogP contribution in [0.3, 0.4) is 0 Å². The van der Waals surface area contributed by atoms with Crippen molar-refractivity contribution in [2.45, 2.75) is 42.9 Å². The van der Waals surface area contributed by atoms with Crippen molar-refractivity contribution in [3.63, 3.8) is 0 Å². The van der Waals surface area contributed by atoms with E-state index < -0.39 is 0 Å². The number of anilines is 1. The second-order valence-electron chi connectivity index (χ2n) is 6.32. The van der Waals surface area contributed by atoms with E-state index in [0.717, 1.165) is 37.5 Å². The molecule has 25 heavy (non-hydrogen) atoms. The maximum absolute atomic E-state index is 12.4. The molecule has 0 bridgehead atoms. The second-order valence-corrected chi connectivity index (χ2v) is 7.61. The van der Waals surface area contributed by atoms with Crippen LogP contribution < -0.4 is 10.6 Å². The zero-order valence-corrected chi connectivity index (χ0v) is 16.2. The van der Waals surface area contributed by atoms with Crippen LogP contribution in [0.4, 0.5) is 5.69 Å². The Kier molecular flexibility index (Phi) is 8.52. The second kappa shape index (κ2) is 10.4. The molecule has 1 aromatic carbocycles. The molecule has 1 amide bonds. The minimum atomic E-state index is -0.293. The average molecular weight is 387 g/mol. The van der Waals surface area contributed by atoms with Crippen LogP contribution in [-0.4, -0.2) is 49.7 Å². The van der Waals surface area contributed by atoms with E-state index >= 15 is 0 Å². The summed E-state index contributed by atoms with van der Waals surface area (Å²) < 4.78 is 10.9. The third kappa shape index (κ3) is 6.15. The largest absolute Gasteiger partial charge is 0.381 e. The number of hydrogen-bond donors (Lipinski definition) is 2. The Morgan fingerprint density at radius 1 is 1.32 bits per heavy atom. The smallest absolute Gasteiger partial charge is 0.244 e. The van der Waals surface area contributed by atoms with Crippen LogP contribution >= 0.6 is 24.2 Å². The van der Waals surface area contributed by atoms with Crippen molar-refractivity contribution in [1.82, 2.24) is 5.32 Å². The molecule has 1 aromatic rings. The lowest BCUT2D eigenvalue weighted by Gasteiger charge is -2.29. The van der Waals surface area contributed by atoms with E-state index in [-0.39, 0.29) is 30.5 Å². The van der Waals surface area contributed by atoms with Gasteiger partial charge in [-0.15, -0.1) is 12.4 Å². The number of carbonyl (C=O) groups is 1. The molecule has 2 saturated heterocycles. The van der Waals surface area contributed by atoms with Crippen LogP contribution in [0.25, 0.3) is 0 Å². The van der Waals surface area contributed by atoms with Gasteiger partial charge < -0.3 is 20.1 Å². The SMILES string of the molecule is C[C@H]1OCCN[C@@H]1C(=O)Nc1cccc(CSC2CCOCC2)c1.Cl. The summed E-state index contributed by atoms with van der Waals surface area (Å²) in [6, 6.07) is 7.84. The fraction of sp³-hybridized carbons (Fsp3) is 0.611. The number of benzene rings is 1. The van der Waals surface area contributed by atoms with Crippen LogP contribution in [0.15, 0.2) is 24.3 Å². The standard InChI is InChI=1S/C18H26N2O3S.ClH/c1-13-17(19-7-10-23-13)18(21)20-15-4-2-3-14(11-15)12-24-16-5-8-22-9-6-16;/h2-4,11,13,16-17,19H,5-10,12H2,1H3,(H,20,21);1H/t13-,17+;/m1./s1. The zero-order valence-electron chi connectivity index (χ0n) is 14.5. The molecule has 2 aliphatic rings. The summed E-state index contributed by atoms with van der Waals surface area (Å²) in [4.78, 5) is 12.4. The molecular formula is C18H27ClN2O3S. The quantitative estimate of drug-likeness (QED) is 0.814. The van der Waals surface area contributed by atoms with Crippen LogP contribution in [0.1, 0.15) is 25.3 Å². The summed E-state index contributed by atoms with van der Waals surface area (Å²) >= 11 is 1.98. The highest BCUT2D eigenvalue weighted by atomic mass is 35.5. The molecule has 0 unspecified atom stereocenters. The minimum absolute atomic E-state index is 0. The molecule has 2 heterocycles. The van der Waals surface area contributed by atoms with E-state index in [1.54, 1.807) is 0 Å². The van der Waals surface area contributed by atoms with Crippen molar-refractivity contribution in [2.24, 2.45) is 0 Å². The molecular weight excluding hydrogens is 360 g/mol. The normalized spacial score (nSPS) is 24.4. The Bertz CT molecular complexity index is 555. The van der Waals surface area contributed by atoms with Gasteiger partial charge in [0, 0.05) is 36.4 Å². The maximum atomic E-state index is 12.4. The molecule has 0 spiro atoms. The van der Waals surface area contributed by atoms with E-state index in [4.69, 9.17) is 9.47 Å². The summed E-state index contributed by atoms with van der Waals surface area (Å²) in [5.74, 6) is 0.937. The van der Waals surface area contributed by atoms with Crippen molar-refractivity contribution >= 4 is 35.8 Å². The third-order valence-electron chi connectivity index (χ3n) is 4.45. The monoisotopic (exact) mass is 386 g/mol. The molecule has 2 fully saturated rings. The molecule has 0 saturated carbocycles. The summed E-state index contributed by atoms with van der Waals surface area (Å²) in [6.07, 6.45) is 2.16. The Morgan fingerprint density at radius 3 is 2.88 bits per heavy atom. The van der Waals surface area contributed by atoms with Crippen molar-refractivity contribution in [3.8, 4) is 0 Å². The molecule has 2 atom stereocenters. The van der Waals surface area contributed by atoms with E-state index in [1.807, 2.05) is 30.8 Å². The fourth-order valence-corrected chi connectivity index (χ4v) is 4.18. The first-order valence-electron chi connectivity index (χ1n) is 8.66. The predicted octanol–water partition coefficient (Wildman–Crippen LogP) is 2.84. The lowest BCUT2D eigenvalue weighted by atomic mass is 10.1. The highest BCUT2D eigenvalue weighted by Gasteiger charge is 2.28. The molecule has 3 rings (SSSR count). The van der Waals surface area contributed by atoms with Gasteiger partial charge in [0.05, 0.1) is 12.7 Å². The summed E-state index contributed by atoms with van der Waals surface area (Å²) in [7, 11) is 0. The third-order valence-corrected chi connectivity index (χ3v) is 5.89. The van der Waals surface area contributed by atoms with Crippen LogP contribution in [0.2, 0.25) is 0 Å². The summed E-state index contributed by atoms with van der Waals surface area (Å²) in [5.41, 5.74) is 2.09. The number of halogens is 1. The van der Waals surface area contributed by atoms with E-state index in [0.29, 0.717) is 18.4 Å². The first-order valence-corrected chi connectivity index (χ1v) is 9.71. The van der Waals surface area contributed by atoms with Crippen LogP contribution in [0, 0.1) is 0 Å². The van der Waals surface area contributed by atoms with Gasteiger partial charge in [0.15, 0.2) is 0 Å². The number of carbonyl (C=O) groups excluding carboxylic acids is 1. The highest BCUT2D eigenvalue weighted by Crippen LogP contribution is 2.26. The van der Waals surface area contributed by atoms with Crippen molar-refractivity contribution in [1.29, 1.82) is 0 Å². The molecule has 5 nitrogen and oxygen atoms in total. The van der Waals surface area contributed by atoms with E-state index in [1.165, 1.54) is 5.56 Å². The Hall–Kier alpha value is -0.790. The lowest BCUT2D eigenvalue weighted by molar-refractivity contribution is -0.123. The number of morpholine rings is 1. The van der Waals surface area contributed by atoms with Crippen molar-refractivity contribution in [2.75, 3.05) is 31.7 Å². The maximum Gasteiger partial charge on any atom is 0.244 e. The highest BCUT2D eigenvalue weighted by molar-refractivity contribution is 7.99. The topological polar surface area (TPSA) is 59.6 Å². The molecule has 2 aliphatic heterocycles. The van der Waals surface area contributed by atoms with Gasteiger partial charge >= 0.3 is 0 Å². The Balaban J connectivity index is 0.00000225. The zero-order chi connectivity index (χ0) is 16.8. The predicted molar refractivity (Wildman–Crippen MR) is 105 cm³/mol. The number of ether oxygens (including phenoxy) is 2. The van der Waals surface area contributed by atoms with Crippen molar-refractivity contribution < 1.29 is 14.3 Å². The van der Waals surface area contributed by atoms with Gasteiger partial charge in [0.1, 0.15) is 6.04 Å². The number of hydrogen-bond acceptors (Lipinski definition) is 5. The fourth-order valence-electron chi connectivity index (χ4n) is 3.04. The van der Waals surface area contributed by atoms with Gasteiger partial charge in [-0.25, -0.2) is 0 Å². The Morgan fingerprint density at radius 2 is 2.12 bits per heavy atom. The minimum Gasteiger partial charge on any atom is -0.381 e. The van der Waals surface area contributed by atoms with Gasteiger partial charge in [0.2, 0.25) is 5.91 Å². The first kappa shape index (κ1) is 20.5. The van der Waals surface area contributed by atoms with Gasteiger partial charge in [-0.05, 0) is 37.5 Å². The van der Waals surface area contributed by atoms with Gasteiger partial charge in [-0.1, -0.05) is 12.1 Å².